The Kier molecular flexibility index (Phi) is 4.31. The van der Waals surface area contributed by atoms with Crippen LogP contribution in [0.5, 0.6) is 0 Å². The predicted molar refractivity (Wildman–Crippen MR) is 71.5 cm³/mol. The van der Waals surface area contributed by atoms with Crippen LogP contribution in [0.2, 0.25) is 10.0 Å². The molecule has 1 aliphatic heterocycles. The van der Waals surface area contributed by atoms with Crippen molar-refractivity contribution in [1.29, 1.82) is 0 Å². The molecule has 2 unspecified atom stereocenters. The van der Waals surface area contributed by atoms with Crippen molar-refractivity contribution < 1.29 is 5.11 Å². The Morgan fingerprint density at radius 3 is 2.82 bits per heavy atom. The van der Waals surface area contributed by atoms with Gasteiger partial charge in [-0.25, -0.2) is 0 Å². The van der Waals surface area contributed by atoms with E-state index in [0.717, 1.165) is 25.1 Å². The molecule has 0 bridgehead atoms. The topological polar surface area (TPSA) is 23.5 Å². The molecule has 0 aliphatic carbocycles. The molecule has 4 heteroatoms. The fourth-order valence-electron chi connectivity index (χ4n) is 2.45. The van der Waals surface area contributed by atoms with Gasteiger partial charge in [-0.3, -0.25) is 4.90 Å². The fourth-order valence-corrected chi connectivity index (χ4v) is 2.92. The van der Waals surface area contributed by atoms with E-state index < -0.39 is 0 Å². The molecule has 94 valence electrons. The minimum atomic E-state index is 0.215. The molecule has 2 nitrogen and oxygen atoms in total. The minimum absolute atomic E-state index is 0.215. The van der Waals surface area contributed by atoms with E-state index >= 15 is 0 Å². The Balaban J connectivity index is 2.10. The van der Waals surface area contributed by atoms with Crippen molar-refractivity contribution >= 4 is 23.2 Å². The molecule has 1 heterocycles. The third kappa shape index (κ3) is 2.94. The van der Waals surface area contributed by atoms with Gasteiger partial charge in [-0.15, -0.1) is 0 Å². The maximum Gasteiger partial charge on any atom is 0.0589 e. The predicted octanol–water partition coefficient (Wildman–Crippen LogP) is 3.20. The third-order valence-corrected chi connectivity index (χ3v) is 4.16. The molecule has 1 aromatic carbocycles. The normalized spacial score (nSPS) is 25.4. The van der Waals surface area contributed by atoms with E-state index in [1.54, 1.807) is 6.07 Å². The van der Waals surface area contributed by atoms with Crippen LogP contribution >= 0.6 is 23.2 Å². The van der Waals surface area contributed by atoms with Gasteiger partial charge in [-0.2, -0.15) is 0 Å². The largest absolute Gasteiger partial charge is 0.395 e. The van der Waals surface area contributed by atoms with Crippen LogP contribution in [-0.2, 0) is 6.54 Å². The van der Waals surface area contributed by atoms with Crippen molar-refractivity contribution in [2.24, 2.45) is 5.92 Å². The van der Waals surface area contributed by atoms with Crippen LogP contribution in [0.1, 0.15) is 18.9 Å². The van der Waals surface area contributed by atoms with Gasteiger partial charge in [0.2, 0.25) is 0 Å². The summed E-state index contributed by atoms with van der Waals surface area (Å²) in [6.07, 6.45) is 1.14. The molecule has 17 heavy (non-hydrogen) atoms. The second-order valence-corrected chi connectivity index (χ2v) is 5.57. The molecule has 0 radical (unpaired) electrons. The molecular formula is C13H17Cl2NO. The maximum absolute atomic E-state index is 9.40. The van der Waals surface area contributed by atoms with Gasteiger partial charge in [0.25, 0.3) is 0 Å². The summed E-state index contributed by atoms with van der Waals surface area (Å²) in [6, 6.07) is 5.84. The van der Waals surface area contributed by atoms with Gasteiger partial charge < -0.3 is 5.11 Å². The standard InChI is InChI=1S/C13H17Cl2NO/c1-9-4-5-16(13(9)8-17)7-10-2-3-11(14)6-12(10)15/h2-3,6,9,13,17H,4-5,7-8H2,1H3. The Labute approximate surface area is 112 Å². The zero-order valence-corrected chi connectivity index (χ0v) is 11.4. The summed E-state index contributed by atoms with van der Waals surface area (Å²) in [7, 11) is 0. The number of nitrogens with zero attached hydrogens (tertiary/aromatic N) is 1. The van der Waals surface area contributed by atoms with Gasteiger partial charge in [0.1, 0.15) is 0 Å². The molecule has 1 N–H and O–H groups in total. The first-order valence-electron chi connectivity index (χ1n) is 5.90. The van der Waals surface area contributed by atoms with E-state index in [0.29, 0.717) is 16.0 Å². The number of aliphatic hydroxyl groups excluding tert-OH is 1. The third-order valence-electron chi connectivity index (χ3n) is 3.57. The molecule has 0 amide bonds. The van der Waals surface area contributed by atoms with Crippen LogP contribution in [0.25, 0.3) is 0 Å². The van der Waals surface area contributed by atoms with Crippen LogP contribution < -0.4 is 0 Å². The second-order valence-electron chi connectivity index (χ2n) is 4.72. The lowest BCUT2D eigenvalue weighted by Gasteiger charge is -2.25. The fraction of sp³-hybridized carbons (Fsp3) is 0.538. The maximum atomic E-state index is 9.40. The number of aliphatic hydroxyl groups is 1. The van der Waals surface area contributed by atoms with Crippen LogP contribution in [-0.4, -0.2) is 29.2 Å². The average Bonchev–Trinajstić information content (AvgIpc) is 2.63. The molecule has 1 aliphatic rings. The number of rotatable bonds is 3. The second kappa shape index (κ2) is 5.57. The Bertz CT molecular complexity index is 397. The highest BCUT2D eigenvalue weighted by Crippen LogP contribution is 2.28. The van der Waals surface area contributed by atoms with Gasteiger partial charge in [0, 0.05) is 22.6 Å². The van der Waals surface area contributed by atoms with Gasteiger partial charge in [0.05, 0.1) is 6.61 Å². The molecule has 1 saturated heterocycles. The smallest absolute Gasteiger partial charge is 0.0589 e. The van der Waals surface area contributed by atoms with Crippen molar-refractivity contribution in [1.82, 2.24) is 4.90 Å². The summed E-state index contributed by atoms with van der Waals surface area (Å²) >= 11 is 12.0. The van der Waals surface area contributed by atoms with E-state index in [9.17, 15) is 5.11 Å². The highest BCUT2D eigenvalue weighted by Gasteiger charge is 2.30. The molecule has 2 atom stereocenters. The molecule has 1 aromatic rings. The van der Waals surface area contributed by atoms with Crippen molar-refractivity contribution in [3.63, 3.8) is 0 Å². The van der Waals surface area contributed by atoms with E-state index in [2.05, 4.69) is 11.8 Å². The number of likely N-dealkylation sites (tertiary alicyclic amines) is 1. The van der Waals surface area contributed by atoms with Crippen LogP contribution in [0, 0.1) is 5.92 Å². The van der Waals surface area contributed by atoms with Gasteiger partial charge in [-0.05, 0) is 36.6 Å². The number of hydrogen-bond acceptors (Lipinski definition) is 2. The van der Waals surface area contributed by atoms with Gasteiger partial charge >= 0.3 is 0 Å². The summed E-state index contributed by atoms with van der Waals surface area (Å²) in [5, 5.41) is 10.8. The summed E-state index contributed by atoms with van der Waals surface area (Å²) in [4.78, 5) is 2.29. The SMILES string of the molecule is CC1CCN(Cc2ccc(Cl)cc2Cl)C1CO. The lowest BCUT2D eigenvalue weighted by Crippen LogP contribution is -2.34. The average molecular weight is 274 g/mol. The van der Waals surface area contributed by atoms with Crippen molar-refractivity contribution in [2.45, 2.75) is 25.9 Å². The molecule has 1 fully saturated rings. The molecule has 0 saturated carbocycles. The zero-order valence-electron chi connectivity index (χ0n) is 9.87. The molecule has 0 spiro atoms. The minimum Gasteiger partial charge on any atom is -0.395 e. The van der Waals surface area contributed by atoms with E-state index in [4.69, 9.17) is 23.2 Å². The summed E-state index contributed by atoms with van der Waals surface area (Å²) in [5.41, 5.74) is 1.07. The quantitative estimate of drug-likeness (QED) is 0.915. The first-order valence-corrected chi connectivity index (χ1v) is 6.66. The lowest BCUT2D eigenvalue weighted by molar-refractivity contribution is 0.134. The van der Waals surface area contributed by atoms with E-state index in [1.807, 2.05) is 12.1 Å². The van der Waals surface area contributed by atoms with Gasteiger partial charge in [-0.1, -0.05) is 36.2 Å². The van der Waals surface area contributed by atoms with E-state index in [1.165, 1.54) is 0 Å². The van der Waals surface area contributed by atoms with Crippen LogP contribution in [0.4, 0.5) is 0 Å². The summed E-state index contributed by atoms with van der Waals surface area (Å²) in [5.74, 6) is 0.547. The molecule has 0 aromatic heterocycles. The highest BCUT2D eigenvalue weighted by molar-refractivity contribution is 6.35. The molecular weight excluding hydrogens is 257 g/mol. The number of halogens is 2. The van der Waals surface area contributed by atoms with Crippen LogP contribution in [0.3, 0.4) is 0 Å². The van der Waals surface area contributed by atoms with Crippen molar-refractivity contribution in [3.8, 4) is 0 Å². The number of benzene rings is 1. The van der Waals surface area contributed by atoms with Gasteiger partial charge in [0.15, 0.2) is 0 Å². The first-order chi connectivity index (χ1) is 8.11. The Hall–Kier alpha value is -0.280. The monoisotopic (exact) mass is 273 g/mol. The summed E-state index contributed by atoms with van der Waals surface area (Å²) in [6.45, 7) is 4.20. The molecule has 2 rings (SSSR count). The lowest BCUT2D eigenvalue weighted by atomic mass is 10.0. The Morgan fingerprint density at radius 2 is 2.18 bits per heavy atom. The van der Waals surface area contributed by atoms with Crippen LogP contribution in [0.15, 0.2) is 18.2 Å². The summed E-state index contributed by atoms with van der Waals surface area (Å²) < 4.78 is 0. The number of hydrogen-bond donors (Lipinski definition) is 1. The van der Waals surface area contributed by atoms with Crippen molar-refractivity contribution in [3.05, 3.63) is 33.8 Å². The van der Waals surface area contributed by atoms with Crippen molar-refractivity contribution in [2.75, 3.05) is 13.2 Å². The Morgan fingerprint density at radius 1 is 1.41 bits per heavy atom. The zero-order chi connectivity index (χ0) is 12.4. The first kappa shape index (κ1) is 13.2. The highest BCUT2D eigenvalue weighted by atomic mass is 35.5. The van der Waals surface area contributed by atoms with E-state index in [-0.39, 0.29) is 12.6 Å².